The molecule has 146 valence electrons. The summed E-state index contributed by atoms with van der Waals surface area (Å²) in [5, 5.41) is 3.43. The van der Waals surface area contributed by atoms with Crippen LogP contribution in [0, 0.1) is 0 Å². The highest BCUT2D eigenvalue weighted by molar-refractivity contribution is 5.70. The number of ether oxygens (including phenoxy) is 2. The number of imidazole rings is 1. The predicted molar refractivity (Wildman–Crippen MR) is 106 cm³/mol. The van der Waals surface area contributed by atoms with Crippen LogP contribution in [0.2, 0.25) is 0 Å². The summed E-state index contributed by atoms with van der Waals surface area (Å²) in [6.07, 6.45) is 5.68. The second-order valence-corrected chi connectivity index (χ2v) is 7.97. The molecule has 2 heterocycles. The van der Waals surface area contributed by atoms with Gasteiger partial charge in [-0.05, 0) is 69.7 Å². The average molecular weight is 371 g/mol. The van der Waals surface area contributed by atoms with Crippen LogP contribution in [0.1, 0.15) is 57.7 Å². The Hall–Kier alpha value is -2.50. The minimum Gasteiger partial charge on any atom is -0.493 e. The van der Waals surface area contributed by atoms with E-state index in [2.05, 4.69) is 29.4 Å². The van der Waals surface area contributed by atoms with Gasteiger partial charge >= 0.3 is 6.09 Å². The highest BCUT2D eigenvalue weighted by Gasteiger charge is 2.24. The van der Waals surface area contributed by atoms with Crippen molar-refractivity contribution in [2.45, 2.75) is 58.5 Å². The molecule has 0 radical (unpaired) electrons. The molecule has 0 bridgehead atoms. The van der Waals surface area contributed by atoms with Gasteiger partial charge < -0.3 is 14.8 Å². The molecule has 0 fully saturated rings. The SMILES string of the molecule is CCCNc1ccc2c(c1)C(Cc1cn(C(=O)OC(C)(C)C)cn1)CCO2. The number of anilines is 1. The van der Waals surface area contributed by atoms with Crippen LogP contribution < -0.4 is 10.1 Å². The van der Waals surface area contributed by atoms with Crippen molar-refractivity contribution >= 4 is 11.8 Å². The van der Waals surface area contributed by atoms with E-state index in [0.717, 1.165) is 42.9 Å². The Morgan fingerprint density at radius 1 is 1.41 bits per heavy atom. The Bertz CT molecular complexity index is 792. The van der Waals surface area contributed by atoms with E-state index in [1.165, 1.54) is 16.5 Å². The van der Waals surface area contributed by atoms with Gasteiger partial charge in [0.25, 0.3) is 0 Å². The molecular weight excluding hydrogens is 342 g/mol. The largest absolute Gasteiger partial charge is 0.493 e. The first-order valence-corrected chi connectivity index (χ1v) is 9.62. The van der Waals surface area contributed by atoms with Gasteiger partial charge in [-0.3, -0.25) is 0 Å². The van der Waals surface area contributed by atoms with Gasteiger partial charge in [-0.15, -0.1) is 0 Å². The number of rotatable bonds is 5. The number of benzene rings is 1. The molecule has 1 N–H and O–H groups in total. The molecule has 1 aliphatic heterocycles. The maximum Gasteiger partial charge on any atom is 0.419 e. The number of hydrogen-bond acceptors (Lipinski definition) is 5. The summed E-state index contributed by atoms with van der Waals surface area (Å²) < 4.78 is 12.6. The van der Waals surface area contributed by atoms with Crippen molar-refractivity contribution in [1.82, 2.24) is 9.55 Å². The van der Waals surface area contributed by atoms with Crippen LogP contribution in [0.3, 0.4) is 0 Å². The van der Waals surface area contributed by atoms with Crippen molar-refractivity contribution in [2.75, 3.05) is 18.5 Å². The maximum atomic E-state index is 12.2. The van der Waals surface area contributed by atoms with Gasteiger partial charge in [0.15, 0.2) is 0 Å². The standard InChI is InChI=1S/C21H29N3O3/c1-5-9-22-16-6-7-19-18(12-16)15(8-10-26-19)11-17-13-24(14-23-17)20(25)27-21(2,3)4/h6-7,12-15,22H,5,8-11H2,1-4H3. The molecule has 0 saturated carbocycles. The van der Waals surface area contributed by atoms with Crippen molar-refractivity contribution < 1.29 is 14.3 Å². The lowest BCUT2D eigenvalue weighted by Crippen LogP contribution is -2.26. The van der Waals surface area contributed by atoms with Gasteiger partial charge in [0.05, 0.1) is 12.3 Å². The fourth-order valence-corrected chi connectivity index (χ4v) is 3.19. The van der Waals surface area contributed by atoms with Crippen molar-refractivity contribution in [2.24, 2.45) is 0 Å². The van der Waals surface area contributed by atoms with Crippen LogP contribution in [0.15, 0.2) is 30.7 Å². The molecule has 6 nitrogen and oxygen atoms in total. The van der Waals surface area contributed by atoms with Crippen LogP contribution in [-0.4, -0.2) is 34.4 Å². The first-order valence-electron chi connectivity index (χ1n) is 9.62. The van der Waals surface area contributed by atoms with Gasteiger partial charge in [-0.1, -0.05) is 6.92 Å². The van der Waals surface area contributed by atoms with Gasteiger partial charge in [0, 0.05) is 18.4 Å². The lowest BCUT2D eigenvalue weighted by atomic mass is 9.89. The second kappa shape index (κ2) is 8.03. The number of carbonyl (C=O) groups is 1. The summed E-state index contributed by atoms with van der Waals surface area (Å²) in [5.41, 5.74) is 2.67. The van der Waals surface area contributed by atoms with E-state index in [-0.39, 0.29) is 0 Å². The van der Waals surface area contributed by atoms with E-state index in [9.17, 15) is 4.79 Å². The molecule has 3 rings (SSSR count). The van der Waals surface area contributed by atoms with Crippen molar-refractivity contribution in [3.8, 4) is 5.75 Å². The summed E-state index contributed by atoms with van der Waals surface area (Å²) in [4.78, 5) is 16.6. The summed E-state index contributed by atoms with van der Waals surface area (Å²) in [6.45, 7) is 9.36. The third-order valence-corrected chi connectivity index (χ3v) is 4.45. The molecule has 0 saturated heterocycles. The van der Waals surface area contributed by atoms with Crippen LogP contribution >= 0.6 is 0 Å². The molecule has 0 spiro atoms. The third kappa shape index (κ3) is 5.02. The second-order valence-electron chi connectivity index (χ2n) is 7.97. The van der Waals surface area contributed by atoms with Crippen LogP contribution in [-0.2, 0) is 11.2 Å². The Morgan fingerprint density at radius 3 is 2.96 bits per heavy atom. The first kappa shape index (κ1) is 19.3. The zero-order valence-electron chi connectivity index (χ0n) is 16.6. The lowest BCUT2D eigenvalue weighted by Gasteiger charge is -2.26. The average Bonchev–Trinajstić information content (AvgIpc) is 3.07. The number of nitrogens with zero attached hydrogens (tertiary/aromatic N) is 2. The minimum absolute atomic E-state index is 0.319. The number of aromatic nitrogens is 2. The Morgan fingerprint density at radius 2 is 2.22 bits per heavy atom. The molecule has 0 amide bonds. The first-order chi connectivity index (χ1) is 12.9. The number of fused-ring (bicyclic) bond motifs is 1. The van der Waals surface area contributed by atoms with Crippen molar-refractivity contribution in [3.63, 3.8) is 0 Å². The van der Waals surface area contributed by atoms with E-state index in [0.29, 0.717) is 12.5 Å². The quantitative estimate of drug-likeness (QED) is 0.832. The molecule has 0 aliphatic carbocycles. The fourth-order valence-electron chi connectivity index (χ4n) is 3.19. The van der Waals surface area contributed by atoms with Crippen LogP contribution in [0.4, 0.5) is 10.5 Å². The van der Waals surface area contributed by atoms with E-state index >= 15 is 0 Å². The molecule has 1 aromatic heterocycles. The highest BCUT2D eigenvalue weighted by atomic mass is 16.6. The van der Waals surface area contributed by atoms with Crippen molar-refractivity contribution in [3.05, 3.63) is 42.0 Å². The zero-order chi connectivity index (χ0) is 19.4. The molecule has 1 atom stereocenters. The van der Waals surface area contributed by atoms with Gasteiger partial charge in [-0.2, -0.15) is 0 Å². The predicted octanol–water partition coefficient (Wildman–Crippen LogP) is 4.60. The molecule has 6 heteroatoms. The maximum absolute atomic E-state index is 12.2. The number of nitrogens with one attached hydrogen (secondary N) is 1. The van der Waals surface area contributed by atoms with E-state index in [1.54, 1.807) is 6.20 Å². The van der Waals surface area contributed by atoms with Gasteiger partial charge in [0.1, 0.15) is 17.7 Å². The summed E-state index contributed by atoms with van der Waals surface area (Å²) in [5.74, 6) is 1.26. The topological polar surface area (TPSA) is 65.4 Å². The number of carbonyl (C=O) groups excluding carboxylic acids is 1. The van der Waals surface area contributed by atoms with Crippen LogP contribution in [0.5, 0.6) is 5.75 Å². The molecule has 27 heavy (non-hydrogen) atoms. The molecule has 1 aromatic carbocycles. The van der Waals surface area contributed by atoms with Crippen LogP contribution in [0.25, 0.3) is 0 Å². The normalized spacial score (nSPS) is 16.4. The lowest BCUT2D eigenvalue weighted by molar-refractivity contribution is 0.0536. The molecule has 1 unspecified atom stereocenters. The minimum atomic E-state index is -0.525. The summed E-state index contributed by atoms with van der Waals surface area (Å²) in [6, 6.07) is 6.28. The Labute approximate surface area is 160 Å². The van der Waals surface area contributed by atoms with E-state index in [4.69, 9.17) is 9.47 Å². The third-order valence-electron chi connectivity index (χ3n) is 4.45. The molecule has 1 aliphatic rings. The monoisotopic (exact) mass is 371 g/mol. The highest BCUT2D eigenvalue weighted by Crippen LogP contribution is 2.37. The molecular formula is C21H29N3O3. The number of hydrogen-bond donors (Lipinski definition) is 1. The van der Waals surface area contributed by atoms with Gasteiger partial charge in [-0.25, -0.2) is 14.3 Å². The zero-order valence-corrected chi connectivity index (χ0v) is 16.6. The molecule has 2 aromatic rings. The smallest absolute Gasteiger partial charge is 0.419 e. The van der Waals surface area contributed by atoms with Gasteiger partial charge in [0.2, 0.25) is 0 Å². The summed E-state index contributed by atoms with van der Waals surface area (Å²) in [7, 11) is 0. The van der Waals surface area contributed by atoms with E-state index in [1.807, 2.05) is 26.8 Å². The van der Waals surface area contributed by atoms with E-state index < -0.39 is 11.7 Å². The fraction of sp³-hybridized carbons (Fsp3) is 0.524. The van der Waals surface area contributed by atoms with Crippen molar-refractivity contribution in [1.29, 1.82) is 0 Å². The Kier molecular flexibility index (Phi) is 5.73. The Balaban J connectivity index is 1.73. The summed E-state index contributed by atoms with van der Waals surface area (Å²) >= 11 is 0.